The molecule has 5 nitrogen and oxygen atoms in total. The lowest BCUT2D eigenvalue weighted by atomic mass is 9.96. The summed E-state index contributed by atoms with van der Waals surface area (Å²) in [7, 11) is 0. The number of carboxylic acids is 1. The lowest BCUT2D eigenvalue weighted by Gasteiger charge is -2.12. The van der Waals surface area contributed by atoms with Crippen LogP contribution in [-0.2, 0) is 4.79 Å². The van der Waals surface area contributed by atoms with Crippen molar-refractivity contribution in [2.24, 2.45) is 4.99 Å². The number of rotatable bonds is 4. The maximum absolute atomic E-state index is 13.2. The maximum Gasteiger partial charge on any atom is 0.335 e. The highest BCUT2D eigenvalue weighted by atomic mass is 32.2. The number of carbonyl (C=O) groups excluding carboxylic acids is 1. The zero-order valence-corrected chi connectivity index (χ0v) is 18.7. The molecule has 5 rings (SSSR count). The van der Waals surface area contributed by atoms with Crippen LogP contribution in [0.3, 0.4) is 0 Å². The van der Waals surface area contributed by atoms with E-state index >= 15 is 0 Å². The smallest absolute Gasteiger partial charge is 0.335 e. The number of hydrogen-bond acceptors (Lipinski definition) is 4. The third-order valence-corrected chi connectivity index (χ3v) is 6.64. The molecule has 162 valence electrons. The molecule has 1 amide bonds. The van der Waals surface area contributed by atoms with Crippen molar-refractivity contribution >= 4 is 62.1 Å². The summed E-state index contributed by atoms with van der Waals surface area (Å²) in [6, 6.07) is 24.9. The van der Waals surface area contributed by atoms with Crippen molar-refractivity contribution in [1.29, 1.82) is 0 Å². The zero-order valence-electron chi connectivity index (χ0n) is 17.9. The fourth-order valence-electron chi connectivity index (χ4n) is 3.99. The minimum Gasteiger partial charge on any atom is -0.478 e. The first-order valence-electron chi connectivity index (χ1n) is 10.6. The lowest BCUT2D eigenvalue weighted by molar-refractivity contribution is -0.122. The number of benzene rings is 4. The van der Waals surface area contributed by atoms with E-state index in [-0.39, 0.29) is 11.5 Å². The van der Waals surface area contributed by atoms with Gasteiger partial charge in [-0.25, -0.2) is 9.79 Å². The normalized spacial score (nSPS) is 16.4. The fraction of sp³-hybridized carbons (Fsp3) is 0.0741. The van der Waals surface area contributed by atoms with Gasteiger partial charge in [-0.15, -0.1) is 0 Å². The summed E-state index contributed by atoms with van der Waals surface area (Å²) in [6.07, 6.45) is 1.97. The molecule has 0 aliphatic carbocycles. The predicted molar refractivity (Wildman–Crippen MR) is 135 cm³/mol. The molecule has 33 heavy (non-hydrogen) atoms. The van der Waals surface area contributed by atoms with E-state index < -0.39 is 5.97 Å². The molecule has 1 heterocycles. The van der Waals surface area contributed by atoms with Crippen molar-refractivity contribution in [3.63, 3.8) is 0 Å². The number of aromatic carboxylic acids is 1. The van der Waals surface area contributed by atoms with E-state index in [4.69, 9.17) is 5.11 Å². The number of carbonyl (C=O) groups is 2. The van der Waals surface area contributed by atoms with E-state index in [1.165, 1.54) is 23.9 Å². The quantitative estimate of drug-likeness (QED) is 0.291. The third-order valence-electron chi connectivity index (χ3n) is 5.63. The van der Waals surface area contributed by atoms with E-state index in [2.05, 4.69) is 35.3 Å². The molecule has 0 atom stereocenters. The highest BCUT2D eigenvalue weighted by molar-refractivity contribution is 8.18. The Hall–Kier alpha value is -3.90. The topological polar surface area (TPSA) is 70.0 Å². The van der Waals surface area contributed by atoms with Crippen molar-refractivity contribution in [1.82, 2.24) is 4.90 Å². The first-order valence-corrected chi connectivity index (χ1v) is 11.4. The van der Waals surface area contributed by atoms with Gasteiger partial charge in [0.05, 0.1) is 16.2 Å². The van der Waals surface area contributed by atoms with Crippen molar-refractivity contribution in [3.05, 3.63) is 94.9 Å². The molecule has 0 aromatic heterocycles. The molecule has 1 fully saturated rings. The standard InChI is InChI=1S/C27H20N2O3S/c1-2-29-25(30)24(33-27(29)28-20-13-11-17(12-14-20)26(31)32)16-23-21-9-5-3-7-18(21)15-19-8-4-6-10-22(19)23/h3-16H,2H2,1H3,(H,31,32)/b24-16+,28-27?. The van der Waals surface area contributed by atoms with E-state index in [1.807, 2.05) is 37.3 Å². The average molecular weight is 453 g/mol. The Balaban J connectivity index is 1.60. The van der Waals surface area contributed by atoms with Gasteiger partial charge in [0.25, 0.3) is 5.91 Å². The molecule has 0 saturated carbocycles. The van der Waals surface area contributed by atoms with E-state index in [1.54, 1.807) is 17.0 Å². The number of carboxylic acid groups (broad SMARTS) is 1. The van der Waals surface area contributed by atoms with Gasteiger partial charge in [0.2, 0.25) is 0 Å². The summed E-state index contributed by atoms with van der Waals surface area (Å²) in [5.41, 5.74) is 1.82. The van der Waals surface area contributed by atoms with Gasteiger partial charge in [0.15, 0.2) is 5.17 Å². The third kappa shape index (κ3) is 3.90. The first kappa shape index (κ1) is 21.0. The summed E-state index contributed by atoms with van der Waals surface area (Å²) in [6.45, 7) is 2.41. The van der Waals surface area contributed by atoms with Crippen LogP contribution in [0.15, 0.2) is 88.8 Å². The number of fused-ring (bicyclic) bond motifs is 2. The second-order valence-corrected chi connectivity index (χ2v) is 8.65. The highest BCUT2D eigenvalue weighted by Crippen LogP contribution is 2.37. The number of aliphatic imine (C=N–C) groups is 1. The van der Waals surface area contributed by atoms with E-state index in [0.717, 1.165) is 27.1 Å². The minimum absolute atomic E-state index is 0.0829. The Morgan fingerprint density at radius 3 is 2.15 bits per heavy atom. The van der Waals surface area contributed by atoms with Crippen LogP contribution in [0.1, 0.15) is 22.8 Å². The molecule has 1 aliphatic heterocycles. The molecule has 1 aliphatic rings. The Morgan fingerprint density at radius 2 is 1.58 bits per heavy atom. The van der Waals surface area contributed by atoms with Crippen molar-refractivity contribution in [3.8, 4) is 0 Å². The molecule has 0 unspecified atom stereocenters. The van der Waals surface area contributed by atoms with Crippen LogP contribution >= 0.6 is 11.8 Å². The first-order chi connectivity index (χ1) is 16.0. The summed E-state index contributed by atoms with van der Waals surface area (Å²) in [5, 5.41) is 14.1. The second kappa shape index (κ2) is 8.56. The summed E-state index contributed by atoms with van der Waals surface area (Å²) >= 11 is 1.34. The monoisotopic (exact) mass is 452 g/mol. The number of thioether (sulfide) groups is 1. The summed E-state index contributed by atoms with van der Waals surface area (Å²) in [5.74, 6) is -1.07. The molecule has 0 radical (unpaired) electrons. The molecular formula is C27H20N2O3S. The Labute approximate surface area is 195 Å². The van der Waals surface area contributed by atoms with E-state index in [9.17, 15) is 9.59 Å². The Bertz CT molecular complexity index is 1420. The Kier molecular flexibility index (Phi) is 5.44. The van der Waals surface area contributed by atoms with Gasteiger partial charge >= 0.3 is 5.97 Å². The number of hydrogen-bond donors (Lipinski definition) is 1. The number of amides is 1. The van der Waals surface area contributed by atoms with Crippen LogP contribution in [0.25, 0.3) is 27.6 Å². The molecule has 6 heteroatoms. The van der Waals surface area contributed by atoms with Crippen LogP contribution in [0.4, 0.5) is 5.69 Å². The van der Waals surface area contributed by atoms with Crippen molar-refractivity contribution < 1.29 is 14.7 Å². The van der Waals surface area contributed by atoms with Crippen LogP contribution < -0.4 is 0 Å². The number of amidine groups is 1. The molecule has 0 bridgehead atoms. The van der Waals surface area contributed by atoms with Gasteiger partial charge in [0, 0.05) is 6.54 Å². The van der Waals surface area contributed by atoms with E-state index in [0.29, 0.717) is 22.3 Å². The summed E-state index contributed by atoms with van der Waals surface area (Å²) < 4.78 is 0. The lowest BCUT2D eigenvalue weighted by Crippen LogP contribution is -2.28. The molecule has 4 aromatic carbocycles. The minimum atomic E-state index is -0.984. The molecular weight excluding hydrogens is 432 g/mol. The number of likely N-dealkylation sites (N-methyl/N-ethyl adjacent to an activating group) is 1. The second-order valence-electron chi connectivity index (χ2n) is 7.64. The van der Waals surface area contributed by atoms with Crippen LogP contribution in [0.5, 0.6) is 0 Å². The van der Waals surface area contributed by atoms with Crippen molar-refractivity contribution in [2.45, 2.75) is 6.92 Å². The molecule has 1 saturated heterocycles. The zero-order chi connectivity index (χ0) is 22.9. The number of nitrogens with zero attached hydrogens (tertiary/aromatic N) is 2. The van der Waals surface area contributed by atoms with Crippen molar-refractivity contribution in [2.75, 3.05) is 6.54 Å². The molecule has 1 N–H and O–H groups in total. The van der Waals surface area contributed by atoms with Crippen LogP contribution in [0, 0.1) is 0 Å². The molecule has 0 spiro atoms. The van der Waals surface area contributed by atoms with Gasteiger partial charge < -0.3 is 5.11 Å². The van der Waals surface area contributed by atoms with Crippen LogP contribution in [-0.4, -0.2) is 33.6 Å². The van der Waals surface area contributed by atoms with Crippen LogP contribution in [0.2, 0.25) is 0 Å². The van der Waals surface area contributed by atoms with Gasteiger partial charge in [-0.05, 0) is 82.2 Å². The van der Waals surface area contributed by atoms with Gasteiger partial charge in [-0.1, -0.05) is 48.5 Å². The van der Waals surface area contributed by atoms with Gasteiger partial charge in [-0.3, -0.25) is 9.69 Å². The average Bonchev–Trinajstić information content (AvgIpc) is 3.12. The fourth-order valence-corrected chi connectivity index (χ4v) is 5.04. The SMILES string of the molecule is CCN1C(=O)/C(=C\c2c3ccccc3cc3ccccc23)SC1=Nc1ccc(C(=O)O)cc1. The highest BCUT2D eigenvalue weighted by Gasteiger charge is 2.32. The predicted octanol–water partition coefficient (Wildman–Crippen LogP) is 6.32. The summed E-state index contributed by atoms with van der Waals surface area (Å²) in [4.78, 5) is 31.2. The largest absolute Gasteiger partial charge is 0.478 e. The maximum atomic E-state index is 13.2. The van der Waals surface area contributed by atoms with Gasteiger partial charge in [0.1, 0.15) is 0 Å². The van der Waals surface area contributed by atoms with Gasteiger partial charge in [-0.2, -0.15) is 0 Å². The Morgan fingerprint density at radius 1 is 0.970 bits per heavy atom. The molecule has 4 aromatic rings.